The number of likely N-dealkylation sites (N-methyl/N-ethyl adjacent to an activating group) is 1. The number of halogens is 1. The number of carbonyl (C=O) groups is 2. The topological polar surface area (TPSA) is 62.3 Å². The zero-order valence-electron chi connectivity index (χ0n) is 14.8. The van der Waals surface area contributed by atoms with Crippen molar-refractivity contribution in [2.75, 3.05) is 19.1 Å². The number of hydrogen-bond donors (Lipinski definition) is 1. The van der Waals surface area contributed by atoms with Crippen LogP contribution in [0.15, 0.2) is 48.7 Å². The fourth-order valence-corrected chi connectivity index (χ4v) is 3.15. The number of aromatic nitrogens is 1. The number of hydrogen-bond acceptors (Lipinski definition) is 4. The fraction of sp³-hybridized carbons (Fsp3) is 0.316. The highest BCUT2D eigenvalue weighted by molar-refractivity contribution is 7.98. The second-order valence-corrected chi connectivity index (χ2v) is 7.20. The van der Waals surface area contributed by atoms with Crippen LogP contribution in [0.1, 0.15) is 22.5 Å². The normalized spacial score (nSPS) is 11.7. The summed E-state index contributed by atoms with van der Waals surface area (Å²) >= 11 is 7.72. The molecule has 0 bridgehead atoms. The van der Waals surface area contributed by atoms with E-state index in [4.69, 9.17) is 11.6 Å². The van der Waals surface area contributed by atoms with Gasteiger partial charge in [-0.2, -0.15) is 11.8 Å². The molecule has 2 rings (SSSR count). The Morgan fingerprint density at radius 1 is 1.23 bits per heavy atom. The van der Waals surface area contributed by atoms with Crippen LogP contribution in [0.3, 0.4) is 0 Å². The first-order chi connectivity index (χ1) is 12.5. The summed E-state index contributed by atoms with van der Waals surface area (Å²) in [5.41, 5.74) is 1.16. The van der Waals surface area contributed by atoms with Crippen LogP contribution in [0.4, 0.5) is 0 Å². The van der Waals surface area contributed by atoms with E-state index < -0.39 is 6.04 Å². The molecule has 0 saturated heterocycles. The van der Waals surface area contributed by atoms with Gasteiger partial charge in [-0.3, -0.25) is 14.6 Å². The molecule has 2 aromatic rings. The van der Waals surface area contributed by atoms with Crippen LogP contribution >= 0.6 is 23.4 Å². The zero-order chi connectivity index (χ0) is 18.9. The summed E-state index contributed by atoms with van der Waals surface area (Å²) in [6.07, 6.45) is 4.20. The van der Waals surface area contributed by atoms with Crippen molar-refractivity contribution in [1.82, 2.24) is 15.2 Å². The Morgan fingerprint density at radius 3 is 2.62 bits per heavy atom. The Labute approximate surface area is 163 Å². The number of carbonyl (C=O) groups excluding carboxylic acids is 2. The predicted molar refractivity (Wildman–Crippen MR) is 106 cm³/mol. The summed E-state index contributed by atoms with van der Waals surface area (Å²) in [6.45, 7) is 0.386. The molecule has 0 fully saturated rings. The van der Waals surface area contributed by atoms with Gasteiger partial charge >= 0.3 is 0 Å². The minimum atomic E-state index is -0.611. The molecule has 0 aliphatic rings. The molecule has 1 aromatic carbocycles. The maximum Gasteiger partial charge on any atom is 0.253 e. The molecule has 1 unspecified atom stereocenters. The lowest BCUT2D eigenvalue weighted by atomic mass is 10.1. The molecule has 7 heteroatoms. The summed E-state index contributed by atoms with van der Waals surface area (Å²) in [4.78, 5) is 31.2. The molecule has 0 spiro atoms. The fourth-order valence-electron chi connectivity index (χ4n) is 2.45. The van der Waals surface area contributed by atoms with Gasteiger partial charge in [0.05, 0.1) is 22.8 Å². The molecule has 2 amide bonds. The lowest BCUT2D eigenvalue weighted by Crippen LogP contribution is -2.47. The maximum absolute atomic E-state index is 12.8. The van der Waals surface area contributed by atoms with Crippen molar-refractivity contribution in [2.45, 2.75) is 19.0 Å². The highest BCUT2D eigenvalue weighted by atomic mass is 35.5. The van der Waals surface area contributed by atoms with Crippen molar-refractivity contribution in [3.63, 3.8) is 0 Å². The third-order valence-corrected chi connectivity index (χ3v) is 4.81. The number of nitrogens with zero attached hydrogens (tertiary/aromatic N) is 2. The van der Waals surface area contributed by atoms with E-state index in [0.717, 1.165) is 11.4 Å². The van der Waals surface area contributed by atoms with Gasteiger partial charge in [0.15, 0.2) is 0 Å². The Morgan fingerprint density at radius 2 is 1.96 bits per heavy atom. The quantitative estimate of drug-likeness (QED) is 0.750. The van der Waals surface area contributed by atoms with Crippen LogP contribution in [-0.2, 0) is 11.3 Å². The van der Waals surface area contributed by atoms with Gasteiger partial charge in [0.1, 0.15) is 6.04 Å². The standard InChI is InChI=1S/C19H22ClN3O2S/c1-23(13-14-7-5-6-11-21-14)19(25)17(10-12-26-2)22-18(24)15-8-3-4-9-16(15)20/h3-9,11,17H,10,12-13H2,1-2H3,(H,22,24). The van der Waals surface area contributed by atoms with Gasteiger partial charge in [0.25, 0.3) is 5.91 Å². The van der Waals surface area contributed by atoms with E-state index in [0.29, 0.717) is 23.6 Å². The predicted octanol–water partition coefficient (Wildman–Crippen LogP) is 3.25. The van der Waals surface area contributed by atoms with E-state index in [-0.39, 0.29) is 11.8 Å². The van der Waals surface area contributed by atoms with Crippen LogP contribution in [0.5, 0.6) is 0 Å². The van der Waals surface area contributed by atoms with E-state index in [2.05, 4.69) is 10.3 Å². The largest absolute Gasteiger partial charge is 0.340 e. The van der Waals surface area contributed by atoms with Gasteiger partial charge in [0.2, 0.25) is 5.91 Å². The minimum Gasteiger partial charge on any atom is -0.340 e. The Bertz CT molecular complexity index is 743. The first-order valence-electron chi connectivity index (χ1n) is 8.22. The Kier molecular flexibility index (Phi) is 7.94. The highest BCUT2D eigenvalue weighted by Gasteiger charge is 2.25. The third kappa shape index (κ3) is 5.75. The number of thioether (sulfide) groups is 1. The molecule has 0 saturated carbocycles. The number of rotatable bonds is 8. The van der Waals surface area contributed by atoms with E-state index in [1.54, 1.807) is 54.2 Å². The minimum absolute atomic E-state index is 0.148. The summed E-state index contributed by atoms with van der Waals surface area (Å²) in [6, 6.07) is 11.8. The average molecular weight is 392 g/mol. The average Bonchev–Trinajstić information content (AvgIpc) is 2.65. The highest BCUT2D eigenvalue weighted by Crippen LogP contribution is 2.15. The molecule has 1 aromatic heterocycles. The van der Waals surface area contributed by atoms with Gasteiger partial charge in [-0.15, -0.1) is 0 Å². The molecule has 5 nitrogen and oxygen atoms in total. The lowest BCUT2D eigenvalue weighted by molar-refractivity contribution is -0.132. The smallest absolute Gasteiger partial charge is 0.253 e. The first kappa shape index (κ1) is 20.3. The Balaban J connectivity index is 2.08. The molecule has 1 N–H and O–H groups in total. The van der Waals surface area contributed by atoms with Gasteiger partial charge in [-0.1, -0.05) is 29.8 Å². The monoisotopic (exact) mass is 391 g/mol. The molecular formula is C19H22ClN3O2S. The summed E-state index contributed by atoms with van der Waals surface area (Å²) in [7, 11) is 1.71. The van der Waals surface area contributed by atoms with Crippen molar-refractivity contribution in [3.05, 3.63) is 64.9 Å². The lowest BCUT2D eigenvalue weighted by Gasteiger charge is -2.24. The van der Waals surface area contributed by atoms with Gasteiger partial charge in [-0.25, -0.2) is 0 Å². The van der Waals surface area contributed by atoms with E-state index in [9.17, 15) is 9.59 Å². The first-order valence-corrected chi connectivity index (χ1v) is 9.99. The summed E-state index contributed by atoms with van der Waals surface area (Å²) in [5, 5.41) is 3.19. The molecule has 1 atom stereocenters. The van der Waals surface area contributed by atoms with Crippen LogP contribution in [-0.4, -0.2) is 46.8 Å². The van der Waals surface area contributed by atoms with Gasteiger partial charge in [-0.05, 0) is 42.7 Å². The molecule has 0 aliphatic carbocycles. The number of amides is 2. The second kappa shape index (κ2) is 10.2. The number of nitrogens with one attached hydrogen (secondary N) is 1. The van der Waals surface area contributed by atoms with Crippen molar-refractivity contribution in [1.29, 1.82) is 0 Å². The van der Waals surface area contributed by atoms with Crippen molar-refractivity contribution >= 4 is 35.2 Å². The van der Waals surface area contributed by atoms with Crippen molar-refractivity contribution in [2.24, 2.45) is 0 Å². The number of pyridine rings is 1. The van der Waals surface area contributed by atoms with E-state index in [1.165, 1.54) is 0 Å². The van der Waals surface area contributed by atoms with E-state index in [1.807, 2.05) is 24.5 Å². The van der Waals surface area contributed by atoms with Crippen molar-refractivity contribution < 1.29 is 9.59 Å². The maximum atomic E-state index is 12.8. The molecule has 0 aliphatic heterocycles. The van der Waals surface area contributed by atoms with Crippen LogP contribution in [0, 0.1) is 0 Å². The third-order valence-electron chi connectivity index (χ3n) is 3.83. The van der Waals surface area contributed by atoms with Crippen LogP contribution in [0.25, 0.3) is 0 Å². The molecule has 138 valence electrons. The van der Waals surface area contributed by atoms with E-state index >= 15 is 0 Å². The molecular weight excluding hydrogens is 370 g/mol. The summed E-state index contributed by atoms with van der Waals surface area (Å²) in [5.74, 6) is 0.266. The second-order valence-electron chi connectivity index (χ2n) is 5.80. The number of benzene rings is 1. The van der Waals surface area contributed by atoms with Crippen LogP contribution < -0.4 is 5.32 Å². The molecule has 26 heavy (non-hydrogen) atoms. The SMILES string of the molecule is CSCCC(NC(=O)c1ccccc1Cl)C(=O)N(C)Cc1ccccn1. The van der Waals surface area contributed by atoms with Crippen molar-refractivity contribution in [3.8, 4) is 0 Å². The van der Waals surface area contributed by atoms with Crippen LogP contribution in [0.2, 0.25) is 5.02 Å². The molecule has 0 radical (unpaired) electrons. The zero-order valence-corrected chi connectivity index (χ0v) is 16.4. The Hall–Kier alpha value is -2.05. The molecule has 1 heterocycles. The van der Waals surface area contributed by atoms with Gasteiger partial charge in [0, 0.05) is 13.2 Å². The summed E-state index contributed by atoms with van der Waals surface area (Å²) < 4.78 is 0. The van der Waals surface area contributed by atoms with Gasteiger partial charge < -0.3 is 10.2 Å².